The van der Waals surface area contributed by atoms with Crippen LogP contribution in [0.3, 0.4) is 0 Å². The summed E-state index contributed by atoms with van der Waals surface area (Å²) in [6, 6.07) is 0. The molecular weight excluding hydrogens is 449 g/mol. The Morgan fingerprint density at radius 3 is 1.10 bits per heavy atom. The Balaban J connectivity index is -0.00000121. The Hall–Kier alpha value is 0.340. The number of hydrogen-bond donors (Lipinski definition) is 1. The molecule has 1 amide bonds. The van der Waals surface area contributed by atoms with Gasteiger partial charge >= 0.3 is 0 Å². The molecule has 0 aliphatic carbocycles. The second-order valence-electron chi connectivity index (χ2n) is 8.82. The minimum atomic E-state index is 0. The predicted molar refractivity (Wildman–Crippen MR) is 148 cm³/mol. The molecule has 0 spiro atoms. The average Bonchev–Trinajstić information content (AvgIpc) is 2.70. The maximum Gasteiger partial charge on any atom is 0.219 e. The van der Waals surface area contributed by atoms with Crippen molar-refractivity contribution in [3.05, 3.63) is 0 Å². The molecule has 0 unspecified atom stereocenters. The molecule has 0 atom stereocenters. The van der Waals surface area contributed by atoms with Crippen molar-refractivity contribution >= 4 is 43.1 Å². The van der Waals surface area contributed by atoms with Gasteiger partial charge in [-0.25, -0.2) is 0 Å². The lowest BCUT2D eigenvalue weighted by Crippen LogP contribution is -2.23. The zero-order chi connectivity index (χ0) is 20.5. The standard InChI is InChI=1S/C26H53NO.3ClH/c1-3-5-7-9-11-13-14-15-17-19-21-23-25-27-26(28)24-22-20-18-16-12-10-8-6-4-2;;;/h3-25H2,1-2H3,(H,27,28);3*1H. The van der Waals surface area contributed by atoms with E-state index in [1.807, 2.05) is 0 Å². The van der Waals surface area contributed by atoms with E-state index in [2.05, 4.69) is 19.2 Å². The Bertz CT molecular complexity index is 317. The quantitative estimate of drug-likeness (QED) is 0.138. The SMILES string of the molecule is CCCCCCCCCCCCCCNC(=O)CCCCCCCCCCC.Cl.Cl.Cl. The molecule has 0 heterocycles. The lowest BCUT2D eigenvalue weighted by molar-refractivity contribution is -0.121. The van der Waals surface area contributed by atoms with Gasteiger partial charge in [-0.3, -0.25) is 4.79 Å². The molecule has 0 saturated heterocycles. The van der Waals surface area contributed by atoms with E-state index >= 15 is 0 Å². The van der Waals surface area contributed by atoms with Gasteiger partial charge in [0, 0.05) is 13.0 Å². The van der Waals surface area contributed by atoms with E-state index in [9.17, 15) is 4.79 Å². The van der Waals surface area contributed by atoms with Crippen molar-refractivity contribution < 1.29 is 4.79 Å². The van der Waals surface area contributed by atoms with Gasteiger partial charge in [0.1, 0.15) is 0 Å². The Labute approximate surface area is 214 Å². The first-order valence-corrected chi connectivity index (χ1v) is 13.1. The summed E-state index contributed by atoms with van der Waals surface area (Å²) in [7, 11) is 0. The summed E-state index contributed by atoms with van der Waals surface area (Å²) in [6.45, 7) is 5.43. The van der Waals surface area contributed by atoms with Crippen LogP contribution in [0.1, 0.15) is 155 Å². The summed E-state index contributed by atoms with van der Waals surface area (Å²) in [5.74, 6) is 0.269. The van der Waals surface area contributed by atoms with Crippen LogP contribution in [0.4, 0.5) is 0 Å². The van der Waals surface area contributed by atoms with E-state index in [0.717, 1.165) is 25.8 Å². The molecule has 0 aromatic rings. The summed E-state index contributed by atoms with van der Waals surface area (Å²) in [4.78, 5) is 11.8. The molecule has 0 aliphatic heterocycles. The fourth-order valence-corrected chi connectivity index (χ4v) is 3.88. The van der Waals surface area contributed by atoms with Gasteiger partial charge in [-0.2, -0.15) is 0 Å². The van der Waals surface area contributed by atoms with Crippen LogP contribution in [0.15, 0.2) is 0 Å². The van der Waals surface area contributed by atoms with Crippen LogP contribution in [-0.2, 0) is 4.79 Å². The predicted octanol–water partition coefficient (Wildman–Crippen LogP) is 9.99. The molecule has 5 heteroatoms. The average molecular weight is 505 g/mol. The van der Waals surface area contributed by atoms with Crippen molar-refractivity contribution in [1.82, 2.24) is 5.32 Å². The molecule has 0 saturated carbocycles. The van der Waals surface area contributed by atoms with Crippen LogP contribution in [-0.4, -0.2) is 12.5 Å². The summed E-state index contributed by atoms with van der Waals surface area (Å²) in [5.41, 5.74) is 0. The van der Waals surface area contributed by atoms with Crippen molar-refractivity contribution in [2.75, 3.05) is 6.54 Å². The van der Waals surface area contributed by atoms with Gasteiger partial charge in [-0.1, -0.05) is 136 Å². The van der Waals surface area contributed by atoms with Crippen LogP contribution >= 0.6 is 37.2 Å². The molecule has 0 aromatic carbocycles. The van der Waals surface area contributed by atoms with Crippen LogP contribution in [0.25, 0.3) is 0 Å². The molecule has 31 heavy (non-hydrogen) atoms. The highest BCUT2D eigenvalue weighted by atomic mass is 35.5. The third kappa shape index (κ3) is 35.1. The monoisotopic (exact) mass is 503 g/mol. The van der Waals surface area contributed by atoms with Gasteiger partial charge in [0.2, 0.25) is 5.91 Å². The van der Waals surface area contributed by atoms with Crippen LogP contribution in [0.5, 0.6) is 0 Å². The summed E-state index contributed by atoms with van der Waals surface area (Å²) >= 11 is 0. The lowest BCUT2D eigenvalue weighted by Gasteiger charge is -2.06. The molecule has 2 nitrogen and oxygen atoms in total. The van der Waals surface area contributed by atoms with Crippen molar-refractivity contribution in [1.29, 1.82) is 0 Å². The first-order valence-electron chi connectivity index (χ1n) is 13.1. The Morgan fingerprint density at radius 1 is 0.452 bits per heavy atom. The zero-order valence-electron chi connectivity index (χ0n) is 20.9. The number of rotatable bonds is 23. The third-order valence-corrected chi connectivity index (χ3v) is 5.86. The molecule has 0 radical (unpaired) electrons. The van der Waals surface area contributed by atoms with Gasteiger partial charge in [-0.15, -0.1) is 37.2 Å². The Kier molecular flexibility index (Phi) is 43.5. The van der Waals surface area contributed by atoms with Crippen molar-refractivity contribution in [2.45, 2.75) is 155 Å². The topological polar surface area (TPSA) is 29.1 Å². The maximum absolute atomic E-state index is 11.8. The van der Waals surface area contributed by atoms with Gasteiger partial charge in [0.15, 0.2) is 0 Å². The highest BCUT2D eigenvalue weighted by Crippen LogP contribution is 2.12. The van der Waals surface area contributed by atoms with Crippen LogP contribution in [0, 0.1) is 0 Å². The molecule has 1 N–H and O–H groups in total. The Morgan fingerprint density at radius 2 is 0.742 bits per heavy atom. The molecule has 0 fully saturated rings. The molecule has 192 valence electrons. The fraction of sp³-hybridized carbons (Fsp3) is 0.962. The van der Waals surface area contributed by atoms with E-state index < -0.39 is 0 Å². The second kappa shape index (κ2) is 34.9. The minimum absolute atomic E-state index is 0. The molecular formula is C26H56Cl3NO. The van der Waals surface area contributed by atoms with E-state index in [0.29, 0.717) is 0 Å². The van der Waals surface area contributed by atoms with E-state index in [4.69, 9.17) is 0 Å². The number of halogens is 3. The number of carbonyl (C=O) groups is 1. The highest BCUT2D eigenvalue weighted by Gasteiger charge is 2.00. The molecule has 0 aromatic heterocycles. The fourth-order valence-electron chi connectivity index (χ4n) is 3.88. The number of nitrogens with one attached hydrogen (secondary N) is 1. The largest absolute Gasteiger partial charge is 0.356 e. The lowest BCUT2D eigenvalue weighted by atomic mass is 10.1. The normalized spacial score (nSPS) is 10.0. The van der Waals surface area contributed by atoms with Crippen molar-refractivity contribution in [3.8, 4) is 0 Å². The zero-order valence-corrected chi connectivity index (χ0v) is 23.3. The van der Waals surface area contributed by atoms with Gasteiger partial charge in [-0.05, 0) is 12.8 Å². The first kappa shape index (κ1) is 38.6. The third-order valence-electron chi connectivity index (χ3n) is 5.86. The highest BCUT2D eigenvalue weighted by molar-refractivity contribution is 5.86. The van der Waals surface area contributed by atoms with E-state index in [-0.39, 0.29) is 43.1 Å². The first-order chi connectivity index (χ1) is 13.8. The van der Waals surface area contributed by atoms with Gasteiger partial charge < -0.3 is 5.32 Å². The number of amides is 1. The van der Waals surface area contributed by atoms with Crippen molar-refractivity contribution in [3.63, 3.8) is 0 Å². The molecule has 0 rings (SSSR count). The van der Waals surface area contributed by atoms with Crippen LogP contribution in [0.2, 0.25) is 0 Å². The maximum atomic E-state index is 11.8. The minimum Gasteiger partial charge on any atom is -0.356 e. The van der Waals surface area contributed by atoms with Gasteiger partial charge in [0.05, 0.1) is 0 Å². The second-order valence-corrected chi connectivity index (χ2v) is 8.82. The summed E-state index contributed by atoms with van der Waals surface area (Å²) < 4.78 is 0. The van der Waals surface area contributed by atoms with Crippen LogP contribution < -0.4 is 5.32 Å². The molecule has 0 aliphatic rings. The number of carbonyl (C=O) groups excluding carboxylic acids is 1. The number of hydrogen-bond acceptors (Lipinski definition) is 1. The number of unbranched alkanes of at least 4 members (excludes halogenated alkanes) is 19. The van der Waals surface area contributed by atoms with E-state index in [1.165, 1.54) is 122 Å². The van der Waals surface area contributed by atoms with Crippen molar-refractivity contribution in [2.24, 2.45) is 0 Å². The smallest absolute Gasteiger partial charge is 0.219 e. The summed E-state index contributed by atoms with van der Waals surface area (Å²) in [6.07, 6.45) is 29.0. The summed E-state index contributed by atoms with van der Waals surface area (Å²) in [5, 5.41) is 3.10. The van der Waals surface area contributed by atoms with E-state index in [1.54, 1.807) is 0 Å². The van der Waals surface area contributed by atoms with Gasteiger partial charge in [0.25, 0.3) is 0 Å². The molecule has 0 bridgehead atoms.